The van der Waals surface area contributed by atoms with E-state index in [1.807, 2.05) is 0 Å². The first-order chi connectivity index (χ1) is 5.59. The Morgan fingerprint density at radius 2 is 2.33 bits per heavy atom. The Hall–Kier alpha value is -1.47. The monoisotopic (exact) mass is 172 g/mol. The van der Waals surface area contributed by atoms with Crippen molar-refractivity contribution >= 4 is 5.95 Å². The van der Waals surface area contributed by atoms with Crippen LogP contribution < -0.4 is 11.4 Å². The first-order valence-electron chi connectivity index (χ1n) is 3.14. The minimum Gasteiger partial charge on any atom is -0.368 e. The zero-order valence-electron chi connectivity index (χ0n) is 6.08. The van der Waals surface area contributed by atoms with Crippen LogP contribution in [0, 0.1) is 0 Å². The van der Waals surface area contributed by atoms with Gasteiger partial charge in [-0.15, -0.1) is 0 Å². The van der Waals surface area contributed by atoms with Gasteiger partial charge in [0.1, 0.15) is 6.33 Å². The van der Waals surface area contributed by atoms with Crippen molar-refractivity contribution in [1.82, 2.24) is 14.5 Å². The average Bonchev–Trinajstić information content (AvgIpc) is 1.94. The van der Waals surface area contributed by atoms with Crippen LogP contribution in [0.4, 0.5) is 5.95 Å². The largest absolute Gasteiger partial charge is 0.368 e. The van der Waals surface area contributed by atoms with Crippen LogP contribution >= 0.6 is 0 Å². The van der Waals surface area contributed by atoms with Crippen LogP contribution in [-0.2, 0) is 6.54 Å². The van der Waals surface area contributed by atoms with E-state index in [9.17, 15) is 4.79 Å². The van der Waals surface area contributed by atoms with Crippen molar-refractivity contribution in [3.8, 4) is 0 Å². The van der Waals surface area contributed by atoms with Crippen LogP contribution in [0.15, 0.2) is 11.1 Å². The summed E-state index contributed by atoms with van der Waals surface area (Å²) >= 11 is 0. The maximum absolute atomic E-state index is 10.9. The van der Waals surface area contributed by atoms with Gasteiger partial charge in [-0.3, -0.25) is 4.57 Å². The summed E-state index contributed by atoms with van der Waals surface area (Å²) in [7, 11) is 0. The summed E-state index contributed by atoms with van der Waals surface area (Å²) in [5.41, 5.74) is 4.44. The predicted molar refractivity (Wildman–Crippen MR) is 38.9 cm³/mol. The van der Waals surface area contributed by atoms with Crippen LogP contribution in [0.25, 0.3) is 0 Å². The number of hydrogen-bond donors (Lipinski definition) is 3. The molecule has 0 fully saturated rings. The van der Waals surface area contributed by atoms with Gasteiger partial charge in [-0.25, -0.2) is 9.78 Å². The van der Waals surface area contributed by atoms with Crippen molar-refractivity contribution in [2.24, 2.45) is 0 Å². The molecule has 1 heterocycles. The van der Waals surface area contributed by atoms with Gasteiger partial charge in [0.25, 0.3) is 0 Å². The topological polar surface area (TPSA) is 114 Å². The van der Waals surface area contributed by atoms with Crippen LogP contribution in [0.5, 0.6) is 0 Å². The van der Waals surface area contributed by atoms with E-state index in [1.165, 1.54) is 0 Å². The van der Waals surface area contributed by atoms with Gasteiger partial charge in [-0.1, -0.05) is 0 Å². The van der Waals surface area contributed by atoms with E-state index in [0.717, 1.165) is 10.9 Å². The minimum absolute atomic E-state index is 0.135. The number of aromatic nitrogens is 3. The molecule has 0 atom stereocenters. The standard InChI is InChI=1S/C5H8N4O3/c6-4-7-2-9(1-3(10)11)5(12)8-4/h2-3,10-11H,1H2,(H2,6,8,12). The lowest BCUT2D eigenvalue weighted by Gasteiger charge is -2.04. The second kappa shape index (κ2) is 3.28. The normalized spacial score (nSPS) is 10.6. The summed E-state index contributed by atoms with van der Waals surface area (Å²) in [5.74, 6) is -0.135. The molecule has 0 aliphatic rings. The summed E-state index contributed by atoms with van der Waals surface area (Å²) in [4.78, 5) is 17.7. The maximum Gasteiger partial charge on any atom is 0.352 e. The maximum atomic E-state index is 10.9. The molecule has 1 rings (SSSR count). The minimum atomic E-state index is -1.60. The number of nitrogens with zero attached hydrogens (tertiary/aromatic N) is 3. The van der Waals surface area contributed by atoms with Crippen molar-refractivity contribution in [2.45, 2.75) is 12.8 Å². The quantitative estimate of drug-likeness (QED) is 0.426. The van der Waals surface area contributed by atoms with Crippen LogP contribution in [0.2, 0.25) is 0 Å². The molecule has 4 N–H and O–H groups in total. The zero-order valence-corrected chi connectivity index (χ0v) is 6.08. The Labute approximate surface area is 67.1 Å². The molecule has 1 aromatic rings. The van der Waals surface area contributed by atoms with Gasteiger partial charge in [0.2, 0.25) is 5.95 Å². The van der Waals surface area contributed by atoms with E-state index >= 15 is 0 Å². The zero-order chi connectivity index (χ0) is 9.14. The number of nitrogen functional groups attached to an aromatic ring is 1. The lowest BCUT2D eigenvalue weighted by atomic mass is 10.6. The fraction of sp³-hybridized carbons (Fsp3) is 0.400. The van der Waals surface area contributed by atoms with E-state index in [2.05, 4.69) is 9.97 Å². The van der Waals surface area contributed by atoms with Gasteiger partial charge in [0.15, 0.2) is 6.29 Å². The van der Waals surface area contributed by atoms with Crippen molar-refractivity contribution in [1.29, 1.82) is 0 Å². The highest BCUT2D eigenvalue weighted by atomic mass is 16.5. The second-order valence-corrected chi connectivity index (χ2v) is 2.13. The molecule has 12 heavy (non-hydrogen) atoms. The van der Waals surface area contributed by atoms with Crippen LogP contribution in [-0.4, -0.2) is 31.0 Å². The Balaban J connectivity index is 2.94. The van der Waals surface area contributed by atoms with E-state index in [-0.39, 0.29) is 12.5 Å². The summed E-state index contributed by atoms with van der Waals surface area (Å²) in [6, 6.07) is 0. The first kappa shape index (κ1) is 8.62. The third kappa shape index (κ3) is 2.01. The number of hydrogen-bond acceptors (Lipinski definition) is 6. The van der Waals surface area contributed by atoms with E-state index in [4.69, 9.17) is 15.9 Å². The third-order valence-electron chi connectivity index (χ3n) is 1.15. The molecule has 0 aliphatic carbocycles. The Bertz CT molecular complexity index is 321. The highest BCUT2D eigenvalue weighted by Gasteiger charge is 2.02. The first-order valence-corrected chi connectivity index (χ1v) is 3.14. The van der Waals surface area contributed by atoms with Gasteiger partial charge in [-0.2, -0.15) is 4.98 Å². The number of anilines is 1. The summed E-state index contributed by atoms with van der Waals surface area (Å²) in [6.07, 6.45) is -0.501. The fourth-order valence-electron chi connectivity index (χ4n) is 0.670. The molecule has 66 valence electrons. The van der Waals surface area contributed by atoms with E-state index in [0.29, 0.717) is 0 Å². The summed E-state index contributed by atoms with van der Waals surface area (Å²) < 4.78 is 0.945. The molecule has 0 radical (unpaired) electrons. The molecule has 0 spiro atoms. The molecule has 1 aromatic heterocycles. The van der Waals surface area contributed by atoms with Crippen molar-refractivity contribution in [3.05, 3.63) is 16.8 Å². The predicted octanol–water partition coefficient (Wildman–Crippen LogP) is -2.47. The molecule has 0 saturated heterocycles. The molecule has 0 aliphatic heterocycles. The lowest BCUT2D eigenvalue weighted by molar-refractivity contribution is -0.0523. The Morgan fingerprint density at radius 1 is 1.67 bits per heavy atom. The summed E-state index contributed by atoms with van der Waals surface area (Å²) in [5, 5.41) is 17.0. The molecule has 0 aromatic carbocycles. The molecule has 0 unspecified atom stereocenters. The molecule has 7 nitrogen and oxygen atoms in total. The molecule has 0 saturated carbocycles. The van der Waals surface area contributed by atoms with Gasteiger partial charge in [0, 0.05) is 0 Å². The lowest BCUT2D eigenvalue weighted by Crippen LogP contribution is -2.29. The number of nitrogens with two attached hydrogens (primary N) is 1. The molecular formula is C5H8N4O3. The molecule has 7 heteroatoms. The SMILES string of the molecule is Nc1ncn(CC(O)O)c(=O)n1. The van der Waals surface area contributed by atoms with Gasteiger partial charge in [-0.05, 0) is 0 Å². The average molecular weight is 172 g/mol. The Kier molecular flexibility index (Phi) is 2.36. The second-order valence-electron chi connectivity index (χ2n) is 2.13. The number of rotatable bonds is 2. The fourth-order valence-corrected chi connectivity index (χ4v) is 0.670. The third-order valence-corrected chi connectivity index (χ3v) is 1.15. The Morgan fingerprint density at radius 3 is 2.83 bits per heavy atom. The highest BCUT2D eigenvalue weighted by molar-refractivity contribution is 5.09. The van der Waals surface area contributed by atoms with Gasteiger partial charge in [0.05, 0.1) is 6.54 Å². The highest BCUT2D eigenvalue weighted by Crippen LogP contribution is 1.84. The van der Waals surface area contributed by atoms with Gasteiger partial charge >= 0.3 is 5.69 Å². The van der Waals surface area contributed by atoms with E-state index in [1.54, 1.807) is 0 Å². The molecule has 0 amide bonds. The van der Waals surface area contributed by atoms with Crippen LogP contribution in [0.3, 0.4) is 0 Å². The van der Waals surface area contributed by atoms with Crippen molar-refractivity contribution < 1.29 is 10.2 Å². The molecular weight excluding hydrogens is 164 g/mol. The molecule has 0 bridgehead atoms. The van der Waals surface area contributed by atoms with Crippen molar-refractivity contribution in [3.63, 3.8) is 0 Å². The van der Waals surface area contributed by atoms with Crippen molar-refractivity contribution in [2.75, 3.05) is 5.73 Å². The smallest absolute Gasteiger partial charge is 0.352 e. The van der Waals surface area contributed by atoms with Crippen LogP contribution in [0.1, 0.15) is 0 Å². The number of aliphatic hydroxyl groups excluding tert-OH is 1. The van der Waals surface area contributed by atoms with E-state index < -0.39 is 12.0 Å². The number of aliphatic hydroxyl groups is 2. The summed E-state index contributed by atoms with van der Waals surface area (Å²) in [6.45, 7) is -0.265. The van der Waals surface area contributed by atoms with Gasteiger partial charge < -0.3 is 15.9 Å².